The Morgan fingerprint density at radius 2 is 2.15 bits per heavy atom. The molecule has 0 aliphatic rings. The molecule has 2 heterocycles. The summed E-state index contributed by atoms with van der Waals surface area (Å²) in [6.45, 7) is 6.46. The molecular formula is C11H14N2. The maximum atomic E-state index is 4.50. The quantitative estimate of drug-likeness (QED) is 0.707. The first-order chi connectivity index (χ1) is 6.18. The smallest absolute Gasteiger partial charge is 0.137 e. The van der Waals surface area contributed by atoms with Crippen LogP contribution in [0.25, 0.3) is 11.0 Å². The second kappa shape index (κ2) is 2.87. The Labute approximate surface area is 78.0 Å². The van der Waals surface area contributed by atoms with E-state index in [9.17, 15) is 0 Å². The largest absolute Gasteiger partial charge is 0.346 e. The van der Waals surface area contributed by atoms with Gasteiger partial charge in [0.1, 0.15) is 5.65 Å². The summed E-state index contributed by atoms with van der Waals surface area (Å²) in [7, 11) is 0. The molecule has 68 valence electrons. The Bertz CT molecular complexity index is 427. The second-order valence-electron chi connectivity index (χ2n) is 3.73. The molecule has 0 saturated carbocycles. The first-order valence-electron chi connectivity index (χ1n) is 4.63. The van der Waals surface area contributed by atoms with Crippen molar-refractivity contribution in [2.24, 2.45) is 0 Å². The highest BCUT2D eigenvalue weighted by molar-refractivity contribution is 5.76. The van der Waals surface area contributed by atoms with E-state index in [1.807, 2.05) is 6.20 Å². The predicted molar refractivity (Wildman–Crippen MR) is 54.9 cm³/mol. The lowest BCUT2D eigenvalue weighted by molar-refractivity contribution is 0.847. The second-order valence-corrected chi connectivity index (χ2v) is 3.73. The van der Waals surface area contributed by atoms with Crippen LogP contribution in [0, 0.1) is 6.92 Å². The van der Waals surface area contributed by atoms with Gasteiger partial charge in [0.25, 0.3) is 0 Å². The number of rotatable bonds is 1. The minimum Gasteiger partial charge on any atom is -0.346 e. The van der Waals surface area contributed by atoms with Gasteiger partial charge < -0.3 is 4.98 Å². The average Bonchev–Trinajstić information content (AvgIpc) is 2.48. The summed E-state index contributed by atoms with van der Waals surface area (Å²) < 4.78 is 0. The van der Waals surface area contributed by atoms with Crippen LogP contribution in [0.2, 0.25) is 0 Å². The summed E-state index contributed by atoms with van der Waals surface area (Å²) in [5.41, 5.74) is 3.46. The van der Waals surface area contributed by atoms with E-state index < -0.39 is 0 Å². The molecule has 13 heavy (non-hydrogen) atoms. The van der Waals surface area contributed by atoms with E-state index in [-0.39, 0.29) is 0 Å². The number of hydrogen-bond acceptors (Lipinski definition) is 1. The van der Waals surface area contributed by atoms with Crippen molar-refractivity contribution in [3.05, 3.63) is 29.6 Å². The number of nitrogens with one attached hydrogen (secondary N) is 1. The van der Waals surface area contributed by atoms with Crippen LogP contribution < -0.4 is 0 Å². The highest BCUT2D eigenvalue weighted by Gasteiger charge is 2.06. The molecule has 2 rings (SSSR count). The predicted octanol–water partition coefficient (Wildman–Crippen LogP) is 2.99. The third kappa shape index (κ3) is 1.32. The standard InChI is InChI=1S/C11H14N2/c1-7(2)10-6-9-4-5-12-11(9)13-8(10)3/h4-7H,1-3H3,(H,12,13). The number of H-pyrrole nitrogens is 1. The third-order valence-electron chi connectivity index (χ3n) is 2.39. The van der Waals surface area contributed by atoms with Crippen LogP contribution in [0.15, 0.2) is 18.3 Å². The van der Waals surface area contributed by atoms with Crippen LogP contribution in [-0.2, 0) is 0 Å². The number of aryl methyl sites for hydroxylation is 1. The molecule has 1 N–H and O–H groups in total. The number of aromatic nitrogens is 2. The zero-order valence-corrected chi connectivity index (χ0v) is 8.26. The fourth-order valence-electron chi connectivity index (χ4n) is 1.67. The maximum absolute atomic E-state index is 4.50. The fourth-order valence-corrected chi connectivity index (χ4v) is 1.67. The minimum atomic E-state index is 0.548. The van der Waals surface area contributed by atoms with Gasteiger partial charge in [0, 0.05) is 17.3 Å². The maximum Gasteiger partial charge on any atom is 0.137 e. The third-order valence-corrected chi connectivity index (χ3v) is 2.39. The van der Waals surface area contributed by atoms with Crippen LogP contribution in [-0.4, -0.2) is 9.97 Å². The van der Waals surface area contributed by atoms with Gasteiger partial charge in [-0.25, -0.2) is 4.98 Å². The molecule has 0 fully saturated rings. The molecule has 2 heteroatoms. The topological polar surface area (TPSA) is 28.7 Å². The molecule has 0 bridgehead atoms. The Morgan fingerprint density at radius 3 is 2.85 bits per heavy atom. The van der Waals surface area contributed by atoms with E-state index >= 15 is 0 Å². The highest BCUT2D eigenvalue weighted by Crippen LogP contribution is 2.21. The highest BCUT2D eigenvalue weighted by atomic mass is 14.8. The first kappa shape index (κ1) is 8.30. The van der Waals surface area contributed by atoms with Gasteiger partial charge in [-0.05, 0) is 30.5 Å². The van der Waals surface area contributed by atoms with E-state index in [0.29, 0.717) is 5.92 Å². The molecule has 0 atom stereocenters. The minimum absolute atomic E-state index is 0.548. The Kier molecular flexibility index (Phi) is 1.83. The number of fused-ring (bicyclic) bond motifs is 1. The van der Waals surface area contributed by atoms with Gasteiger partial charge in [-0.1, -0.05) is 13.8 Å². The van der Waals surface area contributed by atoms with E-state index in [0.717, 1.165) is 11.3 Å². The van der Waals surface area contributed by atoms with Crippen LogP contribution in [0.1, 0.15) is 31.0 Å². The Balaban J connectivity index is 2.69. The van der Waals surface area contributed by atoms with Crippen LogP contribution in [0.5, 0.6) is 0 Å². The molecule has 0 spiro atoms. The Morgan fingerprint density at radius 1 is 1.38 bits per heavy atom. The van der Waals surface area contributed by atoms with Gasteiger partial charge in [0.15, 0.2) is 0 Å². The SMILES string of the molecule is Cc1nc2[nH]ccc2cc1C(C)C. The summed E-state index contributed by atoms with van der Waals surface area (Å²) in [4.78, 5) is 7.62. The molecular weight excluding hydrogens is 160 g/mol. The van der Waals surface area contributed by atoms with E-state index in [4.69, 9.17) is 0 Å². The Hall–Kier alpha value is -1.31. The lowest BCUT2D eigenvalue weighted by Crippen LogP contribution is -1.94. The van der Waals surface area contributed by atoms with Gasteiger partial charge >= 0.3 is 0 Å². The van der Waals surface area contributed by atoms with E-state index in [1.165, 1.54) is 10.9 Å². The summed E-state index contributed by atoms with van der Waals surface area (Å²) in [6.07, 6.45) is 1.93. The monoisotopic (exact) mass is 174 g/mol. The molecule has 0 saturated heterocycles. The molecule has 0 aliphatic carbocycles. The summed E-state index contributed by atoms with van der Waals surface area (Å²) in [5.74, 6) is 0.548. The zero-order chi connectivity index (χ0) is 9.42. The van der Waals surface area contributed by atoms with Gasteiger partial charge in [0.05, 0.1) is 0 Å². The molecule has 0 amide bonds. The van der Waals surface area contributed by atoms with Crippen LogP contribution >= 0.6 is 0 Å². The normalized spacial score (nSPS) is 11.4. The number of nitrogens with zero attached hydrogens (tertiary/aromatic N) is 1. The van der Waals surface area contributed by atoms with Gasteiger partial charge in [-0.3, -0.25) is 0 Å². The molecule has 0 unspecified atom stereocenters. The van der Waals surface area contributed by atoms with Crippen molar-refractivity contribution in [1.29, 1.82) is 0 Å². The van der Waals surface area contributed by atoms with Crippen molar-refractivity contribution in [1.82, 2.24) is 9.97 Å². The molecule has 2 aromatic heterocycles. The zero-order valence-electron chi connectivity index (χ0n) is 8.26. The van der Waals surface area contributed by atoms with Crippen LogP contribution in [0.4, 0.5) is 0 Å². The number of hydrogen-bond donors (Lipinski definition) is 1. The average molecular weight is 174 g/mol. The molecule has 0 aromatic carbocycles. The fraction of sp³-hybridized carbons (Fsp3) is 0.364. The van der Waals surface area contributed by atoms with E-state index in [2.05, 4.69) is 42.9 Å². The van der Waals surface area contributed by atoms with Crippen molar-refractivity contribution >= 4 is 11.0 Å². The van der Waals surface area contributed by atoms with Gasteiger partial charge in [-0.15, -0.1) is 0 Å². The molecule has 2 aromatic rings. The molecule has 2 nitrogen and oxygen atoms in total. The van der Waals surface area contributed by atoms with Gasteiger partial charge in [-0.2, -0.15) is 0 Å². The lowest BCUT2D eigenvalue weighted by Gasteiger charge is -2.08. The van der Waals surface area contributed by atoms with Crippen molar-refractivity contribution in [2.45, 2.75) is 26.7 Å². The van der Waals surface area contributed by atoms with Crippen molar-refractivity contribution in [2.75, 3.05) is 0 Å². The summed E-state index contributed by atoms with van der Waals surface area (Å²) in [5, 5.41) is 1.20. The molecule has 0 radical (unpaired) electrons. The van der Waals surface area contributed by atoms with Crippen LogP contribution in [0.3, 0.4) is 0 Å². The summed E-state index contributed by atoms with van der Waals surface area (Å²) in [6, 6.07) is 4.28. The number of pyridine rings is 1. The van der Waals surface area contributed by atoms with Crippen molar-refractivity contribution in [3.63, 3.8) is 0 Å². The summed E-state index contributed by atoms with van der Waals surface area (Å²) >= 11 is 0. The lowest BCUT2D eigenvalue weighted by atomic mass is 10.0. The van der Waals surface area contributed by atoms with Crippen molar-refractivity contribution in [3.8, 4) is 0 Å². The molecule has 0 aliphatic heterocycles. The van der Waals surface area contributed by atoms with Gasteiger partial charge in [0.2, 0.25) is 0 Å². The van der Waals surface area contributed by atoms with E-state index in [1.54, 1.807) is 0 Å². The van der Waals surface area contributed by atoms with Crippen molar-refractivity contribution < 1.29 is 0 Å². The number of aromatic amines is 1. The first-order valence-corrected chi connectivity index (χ1v) is 4.63.